The fourth-order valence-corrected chi connectivity index (χ4v) is 5.86. The van der Waals surface area contributed by atoms with E-state index in [0.717, 1.165) is 23.2 Å². The number of fused-ring (bicyclic) bond motifs is 1. The van der Waals surface area contributed by atoms with E-state index in [1.54, 1.807) is 17.3 Å². The Morgan fingerprint density at radius 2 is 1.93 bits per heavy atom. The van der Waals surface area contributed by atoms with Gasteiger partial charge in [0.2, 0.25) is 15.9 Å². The molecule has 1 aromatic heterocycles. The normalized spacial score (nSPS) is 19.8. The van der Waals surface area contributed by atoms with Gasteiger partial charge in [0, 0.05) is 32.0 Å². The van der Waals surface area contributed by atoms with Crippen LogP contribution in [0.2, 0.25) is 0 Å². The minimum absolute atomic E-state index is 0.0773. The lowest BCUT2D eigenvalue weighted by Crippen LogP contribution is -2.49. The van der Waals surface area contributed by atoms with Gasteiger partial charge in [-0.25, -0.2) is 18.4 Å². The van der Waals surface area contributed by atoms with Crippen LogP contribution in [0.4, 0.5) is 5.69 Å². The number of para-hydroxylation sites is 1. The molecule has 3 heterocycles. The predicted octanol–water partition coefficient (Wildman–Crippen LogP) is 1.40. The number of anilines is 1. The Labute approximate surface area is 159 Å². The Morgan fingerprint density at radius 3 is 2.74 bits per heavy atom. The van der Waals surface area contributed by atoms with Crippen molar-refractivity contribution < 1.29 is 13.2 Å². The lowest BCUT2D eigenvalue weighted by atomic mass is 10.1. The zero-order valence-electron chi connectivity index (χ0n) is 15.0. The molecule has 1 amide bonds. The molecule has 0 aliphatic carbocycles. The van der Waals surface area contributed by atoms with Crippen molar-refractivity contribution >= 4 is 21.6 Å². The molecule has 1 saturated heterocycles. The van der Waals surface area contributed by atoms with E-state index >= 15 is 0 Å². The number of carbonyl (C=O) groups is 1. The highest BCUT2D eigenvalue weighted by atomic mass is 32.2. The van der Waals surface area contributed by atoms with Gasteiger partial charge < -0.3 is 4.90 Å². The van der Waals surface area contributed by atoms with Crippen LogP contribution in [-0.2, 0) is 27.7 Å². The molecule has 142 valence electrons. The molecule has 27 heavy (non-hydrogen) atoms. The summed E-state index contributed by atoms with van der Waals surface area (Å²) in [6.45, 7) is 1.32. The van der Waals surface area contributed by atoms with Crippen LogP contribution in [0, 0.1) is 0 Å². The molecule has 0 radical (unpaired) electrons. The molecule has 0 spiro atoms. The standard InChI is InChI=1S/C19H22N4O3S/c24-19(10-15-11-20-14-21-12-15)22-8-3-5-17(13-22)27(25,26)23-9-7-16-4-1-2-6-18(16)23/h1-2,4,6,11-12,14,17H,3,5,7-10,13H2. The number of aromatic nitrogens is 2. The van der Waals surface area contributed by atoms with Crippen molar-refractivity contribution in [3.63, 3.8) is 0 Å². The van der Waals surface area contributed by atoms with Crippen LogP contribution in [0.5, 0.6) is 0 Å². The summed E-state index contributed by atoms with van der Waals surface area (Å²) in [5.74, 6) is -0.0773. The zero-order chi connectivity index (χ0) is 18.9. The van der Waals surface area contributed by atoms with Gasteiger partial charge in [-0.1, -0.05) is 18.2 Å². The molecule has 2 aromatic rings. The molecule has 4 rings (SSSR count). The number of likely N-dealkylation sites (tertiary alicyclic amines) is 1. The zero-order valence-corrected chi connectivity index (χ0v) is 15.8. The van der Waals surface area contributed by atoms with Gasteiger partial charge in [0.05, 0.1) is 17.4 Å². The molecule has 1 aromatic carbocycles. The number of piperidine rings is 1. The van der Waals surface area contributed by atoms with Crippen molar-refractivity contribution in [1.29, 1.82) is 0 Å². The maximum Gasteiger partial charge on any atom is 0.239 e. The highest BCUT2D eigenvalue weighted by molar-refractivity contribution is 7.93. The third-order valence-corrected chi connectivity index (χ3v) is 7.49. The van der Waals surface area contributed by atoms with Crippen molar-refractivity contribution in [2.45, 2.75) is 30.9 Å². The maximum atomic E-state index is 13.2. The van der Waals surface area contributed by atoms with E-state index in [1.165, 1.54) is 10.6 Å². The average Bonchev–Trinajstić information content (AvgIpc) is 3.14. The van der Waals surface area contributed by atoms with Gasteiger partial charge in [0.25, 0.3) is 0 Å². The van der Waals surface area contributed by atoms with Crippen LogP contribution < -0.4 is 4.31 Å². The van der Waals surface area contributed by atoms with Crippen LogP contribution >= 0.6 is 0 Å². The van der Waals surface area contributed by atoms with Crippen LogP contribution in [0.1, 0.15) is 24.0 Å². The Morgan fingerprint density at radius 1 is 1.15 bits per heavy atom. The van der Waals surface area contributed by atoms with Gasteiger partial charge in [-0.2, -0.15) is 0 Å². The van der Waals surface area contributed by atoms with Crippen molar-refractivity contribution in [2.24, 2.45) is 0 Å². The van der Waals surface area contributed by atoms with E-state index < -0.39 is 15.3 Å². The Kier molecular flexibility index (Phi) is 4.82. The minimum Gasteiger partial charge on any atom is -0.341 e. The van der Waals surface area contributed by atoms with E-state index in [2.05, 4.69) is 9.97 Å². The van der Waals surface area contributed by atoms with Crippen LogP contribution in [0.15, 0.2) is 43.0 Å². The third-order valence-electron chi connectivity index (χ3n) is 5.27. The molecule has 0 saturated carbocycles. The molecule has 2 aliphatic rings. The summed E-state index contributed by atoms with van der Waals surface area (Å²) in [5, 5.41) is -0.562. The lowest BCUT2D eigenvalue weighted by molar-refractivity contribution is -0.131. The quantitative estimate of drug-likeness (QED) is 0.793. The molecule has 0 N–H and O–H groups in total. The molecule has 1 fully saturated rings. The molecule has 1 unspecified atom stereocenters. The van der Waals surface area contributed by atoms with E-state index in [0.29, 0.717) is 25.9 Å². The molecule has 8 heteroatoms. The largest absolute Gasteiger partial charge is 0.341 e. The summed E-state index contributed by atoms with van der Waals surface area (Å²) < 4.78 is 28.0. The van der Waals surface area contributed by atoms with Crippen LogP contribution in [0.3, 0.4) is 0 Å². The highest BCUT2D eigenvalue weighted by Crippen LogP contribution is 2.33. The smallest absolute Gasteiger partial charge is 0.239 e. The van der Waals surface area contributed by atoms with Gasteiger partial charge in [0.15, 0.2) is 0 Å². The van der Waals surface area contributed by atoms with E-state index in [4.69, 9.17) is 0 Å². The Balaban J connectivity index is 1.49. The Hall–Kier alpha value is -2.48. The second-order valence-corrected chi connectivity index (χ2v) is 9.16. The number of carbonyl (C=O) groups excluding carboxylic acids is 1. The number of nitrogens with zero attached hydrogens (tertiary/aromatic N) is 4. The molecule has 0 bridgehead atoms. The monoisotopic (exact) mass is 386 g/mol. The molecular weight excluding hydrogens is 364 g/mol. The highest BCUT2D eigenvalue weighted by Gasteiger charge is 2.39. The molecular formula is C19H22N4O3S. The summed E-state index contributed by atoms with van der Waals surface area (Å²) in [7, 11) is -3.50. The lowest BCUT2D eigenvalue weighted by Gasteiger charge is -2.35. The van der Waals surface area contributed by atoms with Crippen LogP contribution in [0.25, 0.3) is 0 Å². The first kappa shape index (κ1) is 17.9. The first-order valence-electron chi connectivity index (χ1n) is 9.17. The Bertz CT molecular complexity index is 933. The summed E-state index contributed by atoms with van der Waals surface area (Å²) in [4.78, 5) is 22.1. The van der Waals surface area contributed by atoms with Crippen molar-refractivity contribution in [2.75, 3.05) is 23.9 Å². The van der Waals surface area contributed by atoms with E-state index in [-0.39, 0.29) is 18.9 Å². The second-order valence-electron chi connectivity index (χ2n) is 7.02. The fraction of sp³-hybridized carbons (Fsp3) is 0.421. The van der Waals surface area contributed by atoms with Gasteiger partial charge >= 0.3 is 0 Å². The topological polar surface area (TPSA) is 83.5 Å². The summed E-state index contributed by atoms with van der Waals surface area (Å²) in [6.07, 6.45) is 6.86. The molecule has 7 nitrogen and oxygen atoms in total. The second kappa shape index (κ2) is 7.26. The van der Waals surface area contributed by atoms with Gasteiger partial charge in [-0.05, 0) is 36.5 Å². The summed E-state index contributed by atoms with van der Waals surface area (Å²) in [6, 6.07) is 7.64. The number of rotatable bonds is 4. The maximum absolute atomic E-state index is 13.2. The van der Waals surface area contributed by atoms with Crippen LogP contribution in [-0.4, -0.2) is 54.1 Å². The fourth-order valence-electron chi connectivity index (χ4n) is 3.87. The van der Waals surface area contributed by atoms with Gasteiger partial charge in [0.1, 0.15) is 6.33 Å². The summed E-state index contributed by atoms with van der Waals surface area (Å²) in [5.41, 5.74) is 2.58. The molecule has 2 aliphatic heterocycles. The minimum atomic E-state index is -3.50. The van der Waals surface area contributed by atoms with Crippen molar-refractivity contribution in [3.05, 3.63) is 54.1 Å². The summed E-state index contributed by atoms with van der Waals surface area (Å²) >= 11 is 0. The molecule has 1 atom stereocenters. The van der Waals surface area contributed by atoms with Gasteiger partial charge in [-0.15, -0.1) is 0 Å². The first-order valence-corrected chi connectivity index (χ1v) is 10.7. The van der Waals surface area contributed by atoms with Crippen molar-refractivity contribution in [1.82, 2.24) is 14.9 Å². The first-order chi connectivity index (χ1) is 13.1. The number of hydrogen-bond acceptors (Lipinski definition) is 5. The van der Waals surface area contributed by atoms with Crippen molar-refractivity contribution in [3.8, 4) is 0 Å². The van der Waals surface area contributed by atoms with Gasteiger partial charge in [-0.3, -0.25) is 9.10 Å². The predicted molar refractivity (Wildman–Crippen MR) is 102 cm³/mol. The number of benzene rings is 1. The SMILES string of the molecule is O=C(Cc1cncnc1)N1CCCC(S(=O)(=O)N2CCc3ccccc32)C1. The third kappa shape index (κ3) is 3.53. The number of hydrogen-bond donors (Lipinski definition) is 0. The average molecular weight is 386 g/mol. The van der Waals surface area contributed by atoms with E-state index in [1.807, 2.05) is 24.3 Å². The number of amides is 1. The number of sulfonamides is 1. The van der Waals surface area contributed by atoms with E-state index in [9.17, 15) is 13.2 Å².